The first-order valence-corrected chi connectivity index (χ1v) is 9.19. The van der Waals surface area contributed by atoms with Gasteiger partial charge in [-0.15, -0.1) is 0 Å². The fraction of sp³-hybridized carbons (Fsp3) is 0.0833. The molecular weight excluding hydrogens is 364 g/mol. The Kier molecular flexibility index (Phi) is 7.18. The van der Waals surface area contributed by atoms with E-state index < -0.39 is 0 Å². The molecule has 0 aromatic heterocycles. The van der Waals surface area contributed by atoms with Gasteiger partial charge in [0.05, 0.1) is 6.21 Å². The van der Waals surface area contributed by atoms with E-state index in [9.17, 15) is 4.79 Å². The number of nitrogens with one attached hydrogen (secondary N) is 1. The second-order valence-electron chi connectivity index (χ2n) is 6.14. The van der Waals surface area contributed by atoms with Crippen molar-refractivity contribution in [2.45, 2.75) is 6.61 Å². The molecule has 0 unspecified atom stereocenters. The van der Waals surface area contributed by atoms with Crippen molar-refractivity contribution >= 4 is 12.1 Å². The summed E-state index contributed by atoms with van der Waals surface area (Å²) < 4.78 is 11.3. The van der Waals surface area contributed by atoms with Crippen LogP contribution in [0, 0.1) is 0 Å². The summed E-state index contributed by atoms with van der Waals surface area (Å²) in [6.45, 7) is 4.47. The van der Waals surface area contributed by atoms with Gasteiger partial charge in [0.15, 0.2) is 0 Å². The summed E-state index contributed by atoms with van der Waals surface area (Å²) in [5, 5.41) is 4.03. The third-order valence-corrected chi connectivity index (χ3v) is 4.01. The molecule has 3 aromatic carbocycles. The van der Waals surface area contributed by atoms with Gasteiger partial charge in [-0.25, -0.2) is 5.43 Å². The molecule has 0 saturated carbocycles. The van der Waals surface area contributed by atoms with E-state index in [1.807, 2.05) is 66.7 Å². The maximum Gasteiger partial charge on any atom is 0.271 e. The molecule has 0 saturated heterocycles. The summed E-state index contributed by atoms with van der Waals surface area (Å²) in [5.41, 5.74) is 4.79. The third kappa shape index (κ3) is 6.07. The molecule has 0 aliphatic rings. The quantitative estimate of drug-likeness (QED) is 0.332. The molecule has 0 aliphatic heterocycles. The largest absolute Gasteiger partial charge is 0.489 e. The van der Waals surface area contributed by atoms with E-state index >= 15 is 0 Å². The van der Waals surface area contributed by atoms with E-state index in [1.165, 1.54) is 0 Å². The summed E-state index contributed by atoms with van der Waals surface area (Å²) in [6, 6.07) is 24.2. The fourth-order valence-corrected chi connectivity index (χ4v) is 2.53. The number of benzene rings is 3. The lowest BCUT2D eigenvalue weighted by molar-refractivity contribution is 0.0955. The van der Waals surface area contributed by atoms with Crippen molar-refractivity contribution in [2.75, 3.05) is 6.61 Å². The lowest BCUT2D eigenvalue weighted by atomic mass is 10.1. The molecule has 0 bridgehead atoms. The Hall–Kier alpha value is -3.86. The number of carbonyl (C=O) groups is 1. The highest BCUT2D eigenvalue weighted by Gasteiger charge is 2.05. The molecule has 0 spiro atoms. The van der Waals surface area contributed by atoms with Crippen molar-refractivity contribution in [3.8, 4) is 11.5 Å². The van der Waals surface area contributed by atoms with Gasteiger partial charge in [0.25, 0.3) is 5.91 Å². The van der Waals surface area contributed by atoms with Crippen molar-refractivity contribution in [3.63, 3.8) is 0 Å². The summed E-state index contributed by atoms with van der Waals surface area (Å²) in [4.78, 5) is 12.3. The number of hydrazone groups is 1. The maximum atomic E-state index is 12.3. The van der Waals surface area contributed by atoms with E-state index in [1.54, 1.807) is 24.4 Å². The first-order chi connectivity index (χ1) is 14.3. The molecule has 1 N–H and O–H groups in total. The molecule has 29 heavy (non-hydrogen) atoms. The van der Waals surface area contributed by atoms with Crippen molar-refractivity contribution in [3.05, 3.63) is 108 Å². The minimum Gasteiger partial charge on any atom is -0.489 e. The highest BCUT2D eigenvalue weighted by molar-refractivity contribution is 5.95. The fourth-order valence-electron chi connectivity index (χ4n) is 2.53. The summed E-state index contributed by atoms with van der Waals surface area (Å²) >= 11 is 0. The van der Waals surface area contributed by atoms with Crippen LogP contribution in [0.1, 0.15) is 21.5 Å². The number of carbonyl (C=O) groups excluding carboxylic acids is 1. The van der Waals surface area contributed by atoms with E-state index in [2.05, 4.69) is 17.1 Å². The van der Waals surface area contributed by atoms with Crippen LogP contribution in [0.4, 0.5) is 0 Å². The highest BCUT2D eigenvalue weighted by Crippen LogP contribution is 2.16. The molecule has 5 nitrogen and oxygen atoms in total. The predicted octanol–water partition coefficient (Wildman–Crippen LogP) is 4.59. The number of hydrogen-bond donors (Lipinski definition) is 1. The zero-order valence-corrected chi connectivity index (χ0v) is 16.0. The van der Waals surface area contributed by atoms with Gasteiger partial charge in [0, 0.05) is 11.1 Å². The zero-order valence-electron chi connectivity index (χ0n) is 16.0. The molecule has 0 heterocycles. The SMILES string of the molecule is C=CCOc1ccccc1/C=N\NC(=O)c1ccc(COc2ccccc2)cc1. The first-order valence-electron chi connectivity index (χ1n) is 9.19. The predicted molar refractivity (Wildman–Crippen MR) is 114 cm³/mol. The number of hydrogen-bond acceptors (Lipinski definition) is 4. The van der Waals surface area contributed by atoms with E-state index in [4.69, 9.17) is 9.47 Å². The number of rotatable bonds is 9. The summed E-state index contributed by atoms with van der Waals surface area (Å²) in [7, 11) is 0. The Labute approximate surface area is 170 Å². The molecule has 5 heteroatoms. The van der Waals surface area contributed by atoms with Crippen LogP contribution >= 0.6 is 0 Å². The molecule has 0 atom stereocenters. The Morgan fingerprint density at radius 2 is 1.66 bits per heavy atom. The zero-order chi connectivity index (χ0) is 20.3. The monoisotopic (exact) mass is 386 g/mol. The first kappa shape index (κ1) is 19.9. The van der Waals surface area contributed by atoms with Crippen LogP contribution in [0.25, 0.3) is 0 Å². The van der Waals surface area contributed by atoms with Gasteiger partial charge < -0.3 is 9.47 Å². The van der Waals surface area contributed by atoms with E-state index in [0.717, 1.165) is 16.9 Å². The lowest BCUT2D eigenvalue weighted by Crippen LogP contribution is -2.17. The smallest absolute Gasteiger partial charge is 0.271 e. The number of nitrogens with zero attached hydrogens (tertiary/aromatic N) is 1. The molecule has 3 rings (SSSR count). The lowest BCUT2D eigenvalue weighted by Gasteiger charge is -2.07. The molecule has 0 fully saturated rings. The molecule has 3 aromatic rings. The van der Waals surface area contributed by atoms with Crippen molar-refractivity contribution in [1.29, 1.82) is 0 Å². The van der Waals surface area contributed by atoms with Crippen LogP contribution < -0.4 is 14.9 Å². The minimum absolute atomic E-state index is 0.290. The number of para-hydroxylation sites is 2. The highest BCUT2D eigenvalue weighted by atomic mass is 16.5. The van der Waals surface area contributed by atoms with Crippen molar-refractivity contribution in [2.24, 2.45) is 5.10 Å². The molecular formula is C24H22N2O3. The van der Waals surface area contributed by atoms with Crippen LogP contribution in [-0.4, -0.2) is 18.7 Å². The second-order valence-corrected chi connectivity index (χ2v) is 6.14. The van der Waals surface area contributed by atoms with Crippen LogP contribution in [0.3, 0.4) is 0 Å². The molecule has 0 radical (unpaired) electrons. The topological polar surface area (TPSA) is 59.9 Å². The Balaban J connectivity index is 1.54. The third-order valence-electron chi connectivity index (χ3n) is 4.01. The summed E-state index contributed by atoms with van der Waals surface area (Å²) in [5.74, 6) is 1.19. The van der Waals surface area contributed by atoms with Gasteiger partial charge in [-0.05, 0) is 42.0 Å². The van der Waals surface area contributed by atoms with Crippen LogP contribution in [-0.2, 0) is 6.61 Å². The Bertz CT molecular complexity index is 967. The number of ether oxygens (including phenoxy) is 2. The maximum absolute atomic E-state index is 12.3. The normalized spacial score (nSPS) is 10.5. The van der Waals surface area contributed by atoms with E-state index in [-0.39, 0.29) is 5.91 Å². The van der Waals surface area contributed by atoms with Gasteiger partial charge in [0.2, 0.25) is 0 Å². The van der Waals surface area contributed by atoms with Gasteiger partial charge >= 0.3 is 0 Å². The van der Waals surface area contributed by atoms with Gasteiger partial charge in [-0.1, -0.05) is 55.1 Å². The standard InChI is InChI=1S/C24H22N2O3/c1-2-16-28-23-11-7-6-8-21(23)17-25-26-24(27)20-14-12-19(13-15-20)18-29-22-9-4-3-5-10-22/h2-15,17H,1,16,18H2,(H,26,27)/b25-17-. The van der Waals surface area contributed by atoms with Crippen molar-refractivity contribution < 1.29 is 14.3 Å². The molecule has 0 aliphatic carbocycles. The van der Waals surface area contributed by atoms with Gasteiger partial charge in [-0.3, -0.25) is 4.79 Å². The average molecular weight is 386 g/mol. The molecule has 1 amide bonds. The minimum atomic E-state index is -0.290. The number of amides is 1. The second kappa shape index (κ2) is 10.5. The van der Waals surface area contributed by atoms with Crippen molar-refractivity contribution in [1.82, 2.24) is 5.43 Å². The Morgan fingerprint density at radius 1 is 0.931 bits per heavy atom. The van der Waals surface area contributed by atoms with Gasteiger partial charge in [0.1, 0.15) is 24.7 Å². The Morgan fingerprint density at radius 3 is 2.41 bits per heavy atom. The summed E-state index contributed by atoms with van der Waals surface area (Å²) in [6.07, 6.45) is 3.22. The average Bonchev–Trinajstić information content (AvgIpc) is 2.78. The molecule has 146 valence electrons. The van der Waals surface area contributed by atoms with Crippen LogP contribution in [0.5, 0.6) is 11.5 Å². The van der Waals surface area contributed by atoms with E-state index in [0.29, 0.717) is 24.5 Å². The van der Waals surface area contributed by atoms with Crippen LogP contribution in [0.2, 0.25) is 0 Å². The van der Waals surface area contributed by atoms with Gasteiger partial charge in [-0.2, -0.15) is 5.10 Å². The van der Waals surface area contributed by atoms with Crippen LogP contribution in [0.15, 0.2) is 96.6 Å².